The lowest BCUT2D eigenvalue weighted by molar-refractivity contribution is -0.143. The van der Waals surface area contributed by atoms with E-state index >= 15 is 0 Å². The maximum absolute atomic E-state index is 12.4. The van der Waals surface area contributed by atoms with Gasteiger partial charge in [0.15, 0.2) is 0 Å². The zero-order valence-corrected chi connectivity index (χ0v) is 13.9. The summed E-state index contributed by atoms with van der Waals surface area (Å²) in [6.45, 7) is 1.94. The molecule has 0 spiro atoms. The van der Waals surface area contributed by atoms with Crippen LogP contribution < -0.4 is 5.32 Å². The van der Waals surface area contributed by atoms with E-state index in [0.717, 1.165) is 11.1 Å². The zero-order chi connectivity index (χ0) is 17.4. The number of esters is 1. The van der Waals surface area contributed by atoms with Crippen LogP contribution in [0.2, 0.25) is 0 Å². The predicted molar refractivity (Wildman–Crippen MR) is 92.5 cm³/mol. The van der Waals surface area contributed by atoms with Gasteiger partial charge in [-0.05, 0) is 18.1 Å². The van der Waals surface area contributed by atoms with Gasteiger partial charge in [0.05, 0.1) is 12.6 Å². The van der Waals surface area contributed by atoms with E-state index in [1.54, 1.807) is 14.0 Å². The topological polar surface area (TPSA) is 58.6 Å². The summed E-state index contributed by atoms with van der Waals surface area (Å²) in [7, 11) is 1.57. The molecule has 126 valence electrons. The molecule has 5 nitrogen and oxygen atoms in total. The summed E-state index contributed by atoms with van der Waals surface area (Å²) in [5, 5.41) is 2.98. The Morgan fingerprint density at radius 3 is 1.96 bits per heavy atom. The SMILES string of the molecule is CCOC(=O)CN(C)C(=O)NC(c1ccccc1)c1ccccc1. The number of amides is 2. The van der Waals surface area contributed by atoms with Gasteiger partial charge in [-0.3, -0.25) is 4.79 Å². The number of nitrogens with one attached hydrogen (secondary N) is 1. The lowest BCUT2D eigenvalue weighted by atomic mass is 9.99. The van der Waals surface area contributed by atoms with Crippen LogP contribution in [-0.2, 0) is 9.53 Å². The molecule has 2 aromatic carbocycles. The Bertz CT molecular complexity index is 619. The third-order valence-electron chi connectivity index (χ3n) is 3.55. The average molecular weight is 326 g/mol. The van der Waals surface area contributed by atoms with Crippen LogP contribution in [0.1, 0.15) is 24.1 Å². The van der Waals surface area contributed by atoms with Gasteiger partial charge in [-0.15, -0.1) is 0 Å². The minimum absolute atomic E-state index is 0.0873. The van der Waals surface area contributed by atoms with Gasteiger partial charge in [0.2, 0.25) is 0 Å². The number of benzene rings is 2. The Morgan fingerprint density at radius 2 is 1.50 bits per heavy atom. The van der Waals surface area contributed by atoms with E-state index in [0.29, 0.717) is 6.61 Å². The first-order chi connectivity index (χ1) is 11.6. The van der Waals surface area contributed by atoms with Crippen molar-refractivity contribution in [2.75, 3.05) is 20.2 Å². The Morgan fingerprint density at radius 1 is 1.00 bits per heavy atom. The third-order valence-corrected chi connectivity index (χ3v) is 3.55. The molecule has 0 atom stereocenters. The fourth-order valence-electron chi connectivity index (χ4n) is 2.36. The molecule has 0 bridgehead atoms. The summed E-state index contributed by atoms with van der Waals surface area (Å²) in [5.74, 6) is -0.425. The van der Waals surface area contributed by atoms with Crippen molar-refractivity contribution in [2.24, 2.45) is 0 Å². The first-order valence-electron chi connectivity index (χ1n) is 7.89. The molecule has 5 heteroatoms. The summed E-state index contributed by atoms with van der Waals surface area (Å²) in [5.41, 5.74) is 1.95. The molecule has 2 aromatic rings. The third kappa shape index (κ3) is 4.84. The van der Waals surface area contributed by atoms with Crippen molar-refractivity contribution in [3.8, 4) is 0 Å². The minimum atomic E-state index is -0.425. The summed E-state index contributed by atoms with van der Waals surface area (Å²) in [6, 6.07) is 18.8. The van der Waals surface area contributed by atoms with Crippen molar-refractivity contribution >= 4 is 12.0 Å². The summed E-state index contributed by atoms with van der Waals surface area (Å²) in [4.78, 5) is 25.3. The van der Waals surface area contributed by atoms with Crippen LogP contribution in [0.3, 0.4) is 0 Å². The van der Waals surface area contributed by atoms with E-state index in [1.807, 2.05) is 60.7 Å². The molecule has 0 saturated heterocycles. The lowest BCUT2D eigenvalue weighted by Crippen LogP contribution is -2.42. The maximum atomic E-state index is 12.4. The smallest absolute Gasteiger partial charge is 0.325 e. The molecule has 0 radical (unpaired) electrons. The van der Waals surface area contributed by atoms with E-state index in [9.17, 15) is 9.59 Å². The molecule has 0 aliphatic rings. The molecule has 0 heterocycles. The fourth-order valence-corrected chi connectivity index (χ4v) is 2.36. The Labute approximate surface area is 142 Å². The van der Waals surface area contributed by atoms with Gasteiger partial charge < -0.3 is 15.0 Å². The summed E-state index contributed by atoms with van der Waals surface area (Å²) in [6.07, 6.45) is 0. The minimum Gasteiger partial charge on any atom is -0.465 e. The van der Waals surface area contributed by atoms with Crippen molar-refractivity contribution in [3.05, 3.63) is 71.8 Å². The molecule has 1 N–H and O–H groups in total. The molecule has 0 aliphatic carbocycles. The number of hydrogen-bond donors (Lipinski definition) is 1. The number of rotatable bonds is 6. The van der Waals surface area contributed by atoms with Crippen molar-refractivity contribution < 1.29 is 14.3 Å². The summed E-state index contributed by atoms with van der Waals surface area (Å²) < 4.78 is 4.88. The predicted octanol–water partition coefficient (Wildman–Crippen LogP) is 2.98. The second-order valence-corrected chi connectivity index (χ2v) is 5.36. The van der Waals surface area contributed by atoms with Gasteiger partial charge in [-0.25, -0.2) is 4.79 Å². The molecule has 2 amide bonds. The number of urea groups is 1. The maximum Gasteiger partial charge on any atom is 0.325 e. The molecule has 0 unspecified atom stereocenters. The van der Waals surface area contributed by atoms with Gasteiger partial charge in [0, 0.05) is 7.05 Å². The number of likely N-dealkylation sites (N-methyl/N-ethyl adjacent to an activating group) is 1. The number of carbonyl (C=O) groups is 2. The van der Waals surface area contributed by atoms with Gasteiger partial charge in [0.1, 0.15) is 6.54 Å². The number of nitrogens with zero attached hydrogens (tertiary/aromatic N) is 1. The lowest BCUT2D eigenvalue weighted by Gasteiger charge is -2.24. The van der Waals surface area contributed by atoms with Crippen LogP contribution >= 0.6 is 0 Å². The average Bonchev–Trinajstić information content (AvgIpc) is 2.61. The fraction of sp³-hybridized carbons (Fsp3) is 0.263. The molecule has 24 heavy (non-hydrogen) atoms. The van der Waals surface area contributed by atoms with E-state index in [1.165, 1.54) is 4.90 Å². The van der Waals surface area contributed by atoms with E-state index < -0.39 is 5.97 Å². The first kappa shape index (κ1) is 17.5. The van der Waals surface area contributed by atoms with Gasteiger partial charge in [-0.2, -0.15) is 0 Å². The van der Waals surface area contributed by atoms with Crippen molar-refractivity contribution in [3.63, 3.8) is 0 Å². The summed E-state index contributed by atoms with van der Waals surface area (Å²) >= 11 is 0. The van der Waals surface area contributed by atoms with E-state index in [2.05, 4.69) is 5.32 Å². The first-order valence-corrected chi connectivity index (χ1v) is 7.89. The van der Waals surface area contributed by atoms with E-state index in [4.69, 9.17) is 4.74 Å². The van der Waals surface area contributed by atoms with Gasteiger partial charge in [0.25, 0.3) is 0 Å². The molecule has 0 aromatic heterocycles. The second-order valence-electron chi connectivity index (χ2n) is 5.36. The van der Waals surface area contributed by atoms with Crippen molar-refractivity contribution in [1.82, 2.24) is 10.2 Å². The van der Waals surface area contributed by atoms with E-state index in [-0.39, 0.29) is 18.6 Å². The van der Waals surface area contributed by atoms with Crippen LogP contribution in [0.4, 0.5) is 4.79 Å². The highest BCUT2D eigenvalue weighted by atomic mass is 16.5. The molecule has 0 saturated carbocycles. The normalized spacial score (nSPS) is 10.3. The van der Waals surface area contributed by atoms with Crippen LogP contribution in [0.15, 0.2) is 60.7 Å². The van der Waals surface area contributed by atoms with Crippen molar-refractivity contribution in [2.45, 2.75) is 13.0 Å². The number of carbonyl (C=O) groups excluding carboxylic acids is 2. The van der Waals surface area contributed by atoms with Gasteiger partial charge >= 0.3 is 12.0 Å². The largest absolute Gasteiger partial charge is 0.465 e. The molecule has 0 fully saturated rings. The highest BCUT2D eigenvalue weighted by molar-refractivity contribution is 5.81. The molecular weight excluding hydrogens is 304 g/mol. The number of hydrogen-bond acceptors (Lipinski definition) is 3. The molecule has 2 rings (SSSR count). The van der Waals surface area contributed by atoms with Gasteiger partial charge in [-0.1, -0.05) is 60.7 Å². The molecular formula is C19H22N2O3. The van der Waals surface area contributed by atoms with Crippen molar-refractivity contribution in [1.29, 1.82) is 0 Å². The molecule has 0 aliphatic heterocycles. The monoisotopic (exact) mass is 326 g/mol. The highest BCUT2D eigenvalue weighted by Gasteiger charge is 2.20. The zero-order valence-electron chi connectivity index (χ0n) is 13.9. The van der Waals surface area contributed by atoms with Crippen LogP contribution in [-0.4, -0.2) is 37.1 Å². The Balaban J connectivity index is 2.14. The standard InChI is InChI=1S/C19H22N2O3/c1-3-24-17(22)14-21(2)19(23)20-18(15-10-6-4-7-11-15)16-12-8-5-9-13-16/h4-13,18H,3,14H2,1-2H3,(H,20,23). The highest BCUT2D eigenvalue weighted by Crippen LogP contribution is 2.21. The Hall–Kier alpha value is -2.82. The van der Waals surface area contributed by atoms with Crippen LogP contribution in [0.25, 0.3) is 0 Å². The van der Waals surface area contributed by atoms with Crippen LogP contribution in [0, 0.1) is 0 Å². The Kier molecular flexibility index (Phi) is 6.37. The second kappa shape index (κ2) is 8.72. The quantitative estimate of drug-likeness (QED) is 0.830. The van der Waals surface area contributed by atoms with Crippen LogP contribution in [0.5, 0.6) is 0 Å². The number of ether oxygens (including phenoxy) is 1.